The molecular formula is C14H27N3O2. The van der Waals surface area contributed by atoms with Crippen molar-refractivity contribution in [2.75, 3.05) is 19.6 Å². The van der Waals surface area contributed by atoms with E-state index in [0.29, 0.717) is 19.0 Å². The van der Waals surface area contributed by atoms with Gasteiger partial charge in [0.2, 0.25) is 11.8 Å². The summed E-state index contributed by atoms with van der Waals surface area (Å²) in [6.45, 7) is 7.45. The number of nitrogens with one attached hydrogen (secondary N) is 1. The SMILES string of the molecule is CCN(CC)C(=O)CNC(=O)C1CC(C)CC(N)C1. The third kappa shape index (κ3) is 4.82. The van der Waals surface area contributed by atoms with Crippen LogP contribution in [-0.4, -0.2) is 42.4 Å². The number of rotatable bonds is 5. The van der Waals surface area contributed by atoms with E-state index in [1.807, 2.05) is 13.8 Å². The third-order valence-electron chi connectivity index (χ3n) is 3.88. The molecule has 0 spiro atoms. The van der Waals surface area contributed by atoms with Gasteiger partial charge in [-0.25, -0.2) is 0 Å². The maximum absolute atomic E-state index is 12.1. The van der Waals surface area contributed by atoms with Crippen molar-refractivity contribution in [3.63, 3.8) is 0 Å². The van der Waals surface area contributed by atoms with E-state index >= 15 is 0 Å². The molecule has 1 aliphatic rings. The van der Waals surface area contributed by atoms with Gasteiger partial charge in [-0.2, -0.15) is 0 Å². The van der Waals surface area contributed by atoms with E-state index < -0.39 is 0 Å². The zero-order valence-corrected chi connectivity index (χ0v) is 12.3. The van der Waals surface area contributed by atoms with Crippen LogP contribution in [0.3, 0.4) is 0 Å². The second-order valence-electron chi connectivity index (χ2n) is 5.55. The van der Waals surface area contributed by atoms with Gasteiger partial charge < -0.3 is 16.0 Å². The Balaban J connectivity index is 2.40. The predicted molar refractivity (Wildman–Crippen MR) is 75.4 cm³/mol. The van der Waals surface area contributed by atoms with Crippen molar-refractivity contribution in [2.45, 2.75) is 46.1 Å². The molecule has 3 N–H and O–H groups in total. The van der Waals surface area contributed by atoms with Gasteiger partial charge in [0.25, 0.3) is 0 Å². The highest BCUT2D eigenvalue weighted by Crippen LogP contribution is 2.27. The van der Waals surface area contributed by atoms with Gasteiger partial charge in [-0.3, -0.25) is 9.59 Å². The van der Waals surface area contributed by atoms with Crippen LogP contribution in [0.25, 0.3) is 0 Å². The van der Waals surface area contributed by atoms with Gasteiger partial charge in [-0.1, -0.05) is 6.92 Å². The molecule has 3 unspecified atom stereocenters. The van der Waals surface area contributed by atoms with Crippen LogP contribution in [0.2, 0.25) is 0 Å². The summed E-state index contributed by atoms with van der Waals surface area (Å²) in [5.41, 5.74) is 5.95. The number of nitrogens with zero attached hydrogens (tertiary/aromatic N) is 1. The molecule has 5 heteroatoms. The number of carbonyl (C=O) groups is 2. The van der Waals surface area contributed by atoms with Crippen molar-refractivity contribution in [2.24, 2.45) is 17.6 Å². The van der Waals surface area contributed by atoms with Gasteiger partial charge in [0.1, 0.15) is 0 Å². The van der Waals surface area contributed by atoms with Crippen molar-refractivity contribution in [3.8, 4) is 0 Å². The second kappa shape index (κ2) is 7.48. The normalized spacial score (nSPS) is 26.8. The predicted octanol–water partition coefficient (Wildman–Crippen LogP) is 0.735. The molecule has 0 aromatic heterocycles. The molecule has 0 bridgehead atoms. The number of carbonyl (C=O) groups excluding carboxylic acids is 2. The summed E-state index contributed by atoms with van der Waals surface area (Å²) in [7, 11) is 0. The molecular weight excluding hydrogens is 242 g/mol. The number of nitrogens with two attached hydrogens (primary N) is 1. The first kappa shape index (κ1) is 16.0. The summed E-state index contributed by atoms with van der Waals surface area (Å²) in [5, 5.41) is 2.76. The Bertz CT molecular complexity index is 306. The first-order valence-electron chi connectivity index (χ1n) is 7.28. The quantitative estimate of drug-likeness (QED) is 0.773. The fraction of sp³-hybridized carbons (Fsp3) is 0.857. The van der Waals surface area contributed by atoms with Gasteiger partial charge in [0.15, 0.2) is 0 Å². The van der Waals surface area contributed by atoms with Gasteiger partial charge in [-0.05, 0) is 39.0 Å². The Kier molecular flexibility index (Phi) is 6.28. The summed E-state index contributed by atoms with van der Waals surface area (Å²) in [4.78, 5) is 25.6. The fourth-order valence-corrected chi connectivity index (χ4v) is 2.87. The average molecular weight is 269 g/mol. The van der Waals surface area contributed by atoms with Gasteiger partial charge in [-0.15, -0.1) is 0 Å². The lowest BCUT2D eigenvalue weighted by molar-refractivity contribution is -0.134. The smallest absolute Gasteiger partial charge is 0.241 e. The second-order valence-corrected chi connectivity index (χ2v) is 5.55. The molecule has 3 atom stereocenters. The maximum Gasteiger partial charge on any atom is 0.241 e. The minimum atomic E-state index is -0.0387. The lowest BCUT2D eigenvalue weighted by Crippen LogP contribution is -2.44. The van der Waals surface area contributed by atoms with E-state index in [9.17, 15) is 9.59 Å². The Labute approximate surface area is 115 Å². The zero-order chi connectivity index (χ0) is 14.4. The number of amides is 2. The Morgan fingerprint density at radius 2 is 1.84 bits per heavy atom. The zero-order valence-electron chi connectivity index (χ0n) is 12.3. The van der Waals surface area contributed by atoms with E-state index in [1.54, 1.807) is 4.90 Å². The van der Waals surface area contributed by atoms with Crippen LogP contribution < -0.4 is 11.1 Å². The van der Waals surface area contributed by atoms with Crippen molar-refractivity contribution < 1.29 is 9.59 Å². The minimum absolute atomic E-state index is 0.0218. The lowest BCUT2D eigenvalue weighted by Gasteiger charge is -2.30. The molecule has 0 aromatic carbocycles. The van der Waals surface area contributed by atoms with E-state index in [2.05, 4.69) is 12.2 Å². The number of likely N-dealkylation sites (N-methyl/N-ethyl adjacent to an activating group) is 1. The fourth-order valence-electron chi connectivity index (χ4n) is 2.87. The van der Waals surface area contributed by atoms with Crippen molar-refractivity contribution in [3.05, 3.63) is 0 Å². The molecule has 1 rings (SSSR count). The third-order valence-corrected chi connectivity index (χ3v) is 3.88. The van der Waals surface area contributed by atoms with Gasteiger partial charge >= 0.3 is 0 Å². The van der Waals surface area contributed by atoms with E-state index in [-0.39, 0.29) is 30.3 Å². The Morgan fingerprint density at radius 3 is 2.37 bits per heavy atom. The first-order valence-corrected chi connectivity index (χ1v) is 7.28. The van der Waals surface area contributed by atoms with Crippen LogP contribution in [0.4, 0.5) is 0 Å². The summed E-state index contributed by atoms with van der Waals surface area (Å²) in [6, 6.07) is 0.109. The van der Waals surface area contributed by atoms with Crippen molar-refractivity contribution in [1.82, 2.24) is 10.2 Å². The molecule has 19 heavy (non-hydrogen) atoms. The molecule has 0 saturated heterocycles. The van der Waals surface area contributed by atoms with E-state index in [1.165, 1.54) is 0 Å². The highest BCUT2D eigenvalue weighted by molar-refractivity contribution is 5.85. The van der Waals surface area contributed by atoms with Crippen LogP contribution in [-0.2, 0) is 9.59 Å². The summed E-state index contributed by atoms with van der Waals surface area (Å²) in [6.07, 6.45) is 2.59. The van der Waals surface area contributed by atoms with Gasteiger partial charge in [0.05, 0.1) is 6.54 Å². The largest absolute Gasteiger partial charge is 0.347 e. The molecule has 2 amide bonds. The first-order chi connectivity index (χ1) is 8.97. The van der Waals surface area contributed by atoms with E-state index in [0.717, 1.165) is 19.3 Å². The summed E-state index contributed by atoms with van der Waals surface area (Å²) < 4.78 is 0. The van der Waals surface area contributed by atoms with Crippen molar-refractivity contribution >= 4 is 11.8 Å². The molecule has 0 aliphatic heterocycles. The van der Waals surface area contributed by atoms with Crippen molar-refractivity contribution in [1.29, 1.82) is 0 Å². The number of hydrogen-bond donors (Lipinski definition) is 2. The molecule has 1 aliphatic carbocycles. The molecule has 0 radical (unpaired) electrons. The molecule has 1 fully saturated rings. The topological polar surface area (TPSA) is 75.4 Å². The lowest BCUT2D eigenvalue weighted by atomic mass is 9.79. The summed E-state index contributed by atoms with van der Waals surface area (Å²) >= 11 is 0. The van der Waals surface area contributed by atoms with Gasteiger partial charge in [0, 0.05) is 25.0 Å². The van der Waals surface area contributed by atoms with Crippen LogP contribution in [0.5, 0.6) is 0 Å². The summed E-state index contributed by atoms with van der Waals surface area (Å²) in [5.74, 6) is 0.398. The molecule has 0 aromatic rings. The highest BCUT2D eigenvalue weighted by atomic mass is 16.2. The highest BCUT2D eigenvalue weighted by Gasteiger charge is 2.29. The van der Waals surface area contributed by atoms with Crippen LogP contribution >= 0.6 is 0 Å². The molecule has 1 saturated carbocycles. The Morgan fingerprint density at radius 1 is 1.21 bits per heavy atom. The molecule has 0 heterocycles. The average Bonchev–Trinajstić information content (AvgIpc) is 2.36. The van der Waals surface area contributed by atoms with Crippen LogP contribution in [0.15, 0.2) is 0 Å². The van der Waals surface area contributed by atoms with E-state index in [4.69, 9.17) is 5.73 Å². The number of hydrogen-bond acceptors (Lipinski definition) is 3. The van der Waals surface area contributed by atoms with Crippen LogP contribution in [0.1, 0.15) is 40.0 Å². The standard InChI is InChI=1S/C14H27N3O2/c1-4-17(5-2)13(18)9-16-14(19)11-6-10(3)7-12(15)8-11/h10-12H,4-9,15H2,1-3H3,(H,16,19). The van der Waals surface area contributed by atoms with Crippen LogP contribution in [0, 0.1) is 11.8 Å². The molecule has 110 valence electrons. The maximum atomic E-state index is 12.1. The molecule has 5 nitrogen and oxygen atoms in total. The minimum Gasteiger partial charge on any atom is -0.347 e. The monoisotopic (exact) mass is 269 g/mol. The Hall–Kier alpha value is -1.10.